The Hall–Kier alpha value is -2.96. The maximum Gasteiger partial charge on any atom is 0.318 e. The van der Waals surface area contributed by atoms with Gasteiger partial charge in [0.1, 0.15) is 0 Å². The van der Waals surface area contributed by atoms with E-state index in [1.54, 1.807) is 6.07 Å². The molecule has 0 saturated heterocycles. The molecule has 0 fully saturated rings. The van der Waals surface area contributed by atoms with Crippen LogP contribution < -0.4 is 9.47 Å². The molecule has 10 nitrogen and oxygen atoms in total. The third-order valence-corrected chi connectivity index (χ3v) is 3.82. The zero-order valence-corrected chi connectivity index (χ0v) is 14.7. The summed E-state index contributed by atoms with van der Waals surface area (Å²) >= 11 is 1.92. The van der Waals surface area contributed by atoms with Crippen molar-refractivity contribution >= 4 is 40.2 Å². The van der Waals surface area contributed by atoms with Crippen molar-refractivity contribution in [3.63, 3.8) is 0 Å². The monoisotopic (exact) mass is 459 g/mol. The maximum atomic E-state index is 11.2. The quantitative estimate of drug-likeness (QED) is 0.229. The lowest BCUT2D eigenvalue weighted by Gasteiger charge is -2.13. The topological polar surface area (TPSA) is 137 Å². The van der Waals surface area contributed by atoms with E-state index in [4.69, 9.17) is 14.7 Å². The molecule has 0 aliphatic rings. The number of hydrogen-bond acceptors (Lipinski definition) is 8. The van der Waals surface area contributed by atoms with E-state index < -0.39 is 21.2 Å². The van der Waals surface area contributed by atoms with Gasteiger partial charge in [-0.05, 0) is 40.8 Å². The third-order valence-electron chi connectivity index (χ3n) is 3.02. The average molecular weight is 459 g/mol. The summed E-state index contributed by atoms with van der Waals surface area (Å²) in [6.07, 6.45) is 1.18. The van der Waals surface area contributed by atoms with Gasteiger partial charge in [0, 0.05) is 11.6 Å². The molecule has 25 heavy (non-hydrogen) atoms. The van der Waals surface area contributed by atoms with E-state index in [1.807, 2.05) is 22.6 Å². The summed E-state index contributed by atoms with van der Waals surface area (Å²) in [6.45, 7) is 0. The van der Waals surface area contributed by atoms with E-state index in [0.29, 0.717) is 9.13 Å². The van der Waals surface area contributed by atoms with Gasteiger partial charge < -0.3 is 14.7 Å². The van der Waals surface area contributed by atoms with Crippen LogP contribution in [0, 0.1) is 23.8 Å². The minimum Gasteiger partial charge on any atom is -0.493 e. The molecular weight excluding hydrogens is 449 g/mol. The molecule has 0 aliphatic carbocycles. The Labute approximate surface area is 154 Å². The van der Waals surface area contributed by atoms with Crippen molar-refractivity contribution in [1.29, 1.82) is 0 Å². The molecule has 0 atom stereocenters. The van der Waals surface area contributed by atoms with E-state index in [0.717, 1.165) is 18.2 Å². The summed E-state index contributed by atoms with van der Waals surface area (Å²) in [5.74, 6) is 0.264. The highest BCUT2D eigenvalue weighted by atomic mass is 127. The summed E-state index contributed by atoms with van der Waals surface area (Å²) in [4.78, 5) is 20.5. The maximum absolute atomic E-state index is 11.2. The van der Waals surface area contributed by atoms with Gasteiger partial charge in [-0.25, -0.2) is 0 Å². The first-order chi connectivity index (χ1) is 11.9. The SMILES string of the molecule is COc1cc(/C=N\O)cc(I)c1Oc1ccc([N+](=O)[O-])cc1[N+](=O)[O-]. The van der Waals surface area contributed by atoms with Crippen LogP contribution in [-0.4, -0.2) is 28.4 Å². The zero-order chi connectivity index (χ0) is 18.6. The number of benzene rings is 2. The fourth-order valence-corrected chi connectivity index (χ4v) is 2.67. The van der Waals surface area contributed by atoms with Crippen molar-refractivity contribution in [2.45, 2.75) is 0 Å². The number of nitro benzene ring substituents is 2. The van der Waals surface area contributed by atoms with Crippen molar-refractivity contribution in [2.24, 2.45) is 5.16 Å². The van der Waals surface area contributed by atoms with Crippen LogP contribution in [0.15, 0.2) is 35.5 Å². The normalized spacial score (nSPS) is 10.6. The summed E-state index contributed by atoms with van der Waals surface area (Å²) in [7, 11) is 1.38. The van der Waals surface area contributed by atoms with Gasteiger partial charge in [-0.15, -0.1) is 0 Å². The van der Waals surface area contributed by atoms with Gasteiger partial charge in [0.05, 0.1) is 32.8 Å². The number of nitrogens with zero attached hydrogens (tertiary/aromatic N) is 3. The Kier molecular flexibility index (Phi) is 5.69. The average Bonchev–Trinajstić information content (AvgIpc) is 2.57. The van der Waals surface area contributed by atoms with E-state index in [2.05, 4.69) is 5.16 Å². The first-order valence-electron chi connectivity index (χ1n) is 6.53. The second-order valence-electron chi connectivity index (χ2n) is 4.55. The second-order valence-corrected chi connectivity index (χ2v) is 5.71. The molecule has 0 amide bonds. The fourth-order valence-electron chi connectivity index (χ4n) is 1.94. The van der Waals surface area contributed by atoms with Crippen LogP contribution in [0.3, 0.4) is 0 Å². The number of halogens is 1. The number of non-ortho nitro benzene ring substituents is 1. The largest absolute Gasteiger partial charge is 0.493 e. The van der Waals surface area contributed by atoms with Crippen molar-refractivity contribution in [3.05, 3.63) is 59.7 Å². The fraction of sp³-hybridized carbons (Fsp3) is 0.0714. The number of ether oxygens (including phenoxy) is 2. The van der Waals surface area contributed by atoms with Gasteiger partial charge >= 0.3 is 5.69 Å². The summed E-state index contributed by atoms with van der Waals surface area (Å²) < 4.78 is 11.3. The Morgan fingerprint density at radius 1 is 1.16 bits per heavy atom. The number of rotatable bonds is 6. The molecule has 0 aliphatic heterocycles. The molecule has 1 N–H and O–H groups in total. The van der Waals surface area contributed by atoms with Gasteiger partial charge in [0.25, 0.3) is 5.69 Å². The molecule has 0 aromatic heterocycles. The van der Waals surface area contributed by atoms with Crippen molar-refractivity contribution in [1.82, 2.24) is 0 Å². The molecule has 2 aromatic carbocycles. The molecule has 2 aromatic rings. The van der Waals surface area contributed by atoms with Crippen molar-refractivity contribution < 1.29 is 24.5 Å². The Morgan fingerprint density at radius 2 is 1.88 bits per heavy atom. The number of methoxy groups -OCH3 is 1. The minimum absolute atomic E-state index is 0.171. The molecule has 0 bridgehead atoms. The molecule has 2 rings (SSSR count). The molecule has 130 valence electrons. The lowest BCUT2D eigenvalue weighted by atomic mass is 10.2. The van der Waals surface area contributed by atoms with Crippen LogP contribution in [0.2, 0.25) is 0 Å². The Morgan fingerprint density at radius 3 is 2.44 bits per heavy atom. The van der Waals surface area contributed by atoms with Crippen molar-refractivity contribution in [3.8, 4) is 17.2 Å². The molecule has 0 saturated carbocycles. The van der Waals surface area contributed by atoms with Crippen LogP contribution in [0.5, 0.6) is 17.2 Å². The van der Waals surface area contributed by atoms with E-state index >= 15 is 0 Å². The number of oxime groups is 1. The minimum atomic E-state index is -0.769. The number of hydrogen-bond donors (Lipinski definition) is 1. The predicted octanol–water partition coefficient (Wildman–Crippen LogP) is 3.72. The van der Waals surface area contributed by atoms with Gasteiger partial charge in [-0.1, -0.05) is 5.16 Å². The van der Waals surface area contributed by atoms with Crippen LogP contribution in [0.4, 0.5) is 11.4 Å². The Bertz CT molecular complexity index is 870. The molecule has 0 radical (unpaired) electrons. The molecule has 0 unspecified atom stereocenters. The standard InChI is InChI=1S/C14H10IN3O7/c1-24-13-5-8(7-16-19)4-10(15)14(13)25-12-3-2-9(17(20)21)6-11(12)18(22)23/h2-7,19H,1H3/b16-7-. The van der Waals surface area contributed by atoms with Gasteiger partial charge in [0.2, 0.25) is 5.75 Å². The zero-order valence-electron chi connectivity index (χ0n) is 12.6. The van der Waals surface area contributed by atoms with E-state index in [1.165, 1.54) is 19.4 Å². The summed E-state index contributed by atoms with van der Waals surface area (Å²) in [5, 5.41) is 33.5. The Balaban J connectivity index is 2.52. The highest BCUT2D eigenvalue weighted by Crippen LogP contribution is 2.40. The van der Waals surface area contributed by atoms with Gasteiger partial charge in [-0.3, -0.25) is 20.2 Å². The first-order valence-corrected chi connectivity index (χ1v) is 7.61. The molecule has 0 spiro atoms. The van der Waals surface area contributed by atoms with Crippen LogP contribution in [0.1, 0.15) is 5.56 Å². The predicted molar refractivity (Wildman–Crippen MR) is 94.9 cm³/mol. The lowest BCUT2D eigenvalue weighted by molar-refractivity contribution is -0.394. The van der Waals surface area contributed by atoms with Gasteiger partial charge in [-0.2, -0.15) is 0 Å². The van der Waals surface area contributed by atoms with Crippen LogP contribution in [-0.2, 0) is 0 Å². The first kappa shape index (κ1) is 18.4. The van der Waals surface area contributed by atoms with Gasteiger partial charge in [0.15, 0.2) is 11.5 Å². The molecule has 11 heteroatoms. The second kappa shape index (κ2) is 7.74. The third kappa shape index (κ3) is 4.12. The lowest BCUT2D eigenvalue weighted by Crippen LogP contribution is -1.99. The highest BCUT2D eigenvalue weighted by Gasteiger charge is 2.23. The van der Waals surface area contributed by atoms with Crippen LogP contribution in [0.25, 0.3) is 0 Å². The van der Waals surface area contributed by atoms with Crippen molar-refractivity contribution in [2.75, 3.05) is 7.11 Å². The van der Waals surface area contributed by atoms with E-state index in [-0.39, 0.29) is 17.2 Å². The molecular formula is C14H10IN3O7. The smallest absolute Gasteiger partial charge is 0.318 e. The van der Waals surface area contributed by atoms with E-state index in [9.17, 15) is 20.2 Å². The number of nitro groups is 2. The van der Waals surface area contributed by atoms with Crippen LogP contribution >= 0.6 is 22.6 Å². The molecule has 0 heterocycles. The summed E-state index contributed by atoms with van der Waals surface area (Å²) in [5.41, 5.74) is -0.447. The highest BCUT2D eigenvalue weighted by molar-refractivity contribution is 14.1. The summed E-state index contributed by atoms with van der Waals surface area (Å²) in [6, 6.07) is 6.19.